The maximum Gasteiger partial charge on any atom is 0.246 e. The molecule has 1 aliphatic rings. The molecule has 0 bridgehead atoms. The fourth-order valence-electron chi connectivity index (χ4n) is 2.33. The van der Waals surface area contributed by atoms with Crippen LogP contribution in [0.5, 0.6) is 11.5 Å². The largest absolute Gasteiger partial charge is 0.486 e. The van der Waals surface area contributed by atoms with Crippen molar-refractivity contribution in [2.24, 2.45) is 0 Å². The van der Waals surface area contributed by atoms with Crippen molar-refractivity contribution in [1.82, 2.24) is 0 Å². The monoisotopic (exact) mass is 366 g/mol. The Hall–Kier alpha value is -2.11. The first kappa shape index (κ1) is 16.7. The second-order valence-corrected chi connectivity index (χ2v) is 6.24. The van der Waals surface area contributed by atoms with Gasteiger partial charge in [0.25, 0.3) is 0 Å². The van der Waals surface area contributed by atoms with Crippen LogP contribution in [-0.2, 0) is 4.79 Å². The highest BCUT2D eigenvalue weighted by molar-refractivity contribution is 6.35. The van der Waals surface area contributed by atoms with Gasteiger partial charge in [0.2, 0.25) is 5.91 Å². The number of hydrogen-bond donors (Lipinski definition) is 2. The number of amides is 1. The Morgan fingerprint density at radius 1 is 1.00 bits per heavy atom. The van der Waals surface area contributed by atoms with Gasteiger partial charge in [-0.25, -0.2) is 0 Å². The van der Waals surface area contributed by atoms with Crippen LogP contribution in [0.25, 0.3) is 0 Å². The van der Waals surface area contributed by atoms with E-state index in [9.17, 15) is 4.79 Å². The van der Waals surface area contributed by atoms with Crippen molar-refractivity contribution < 1.29 is 14.3 Å². The Bertz CT molecular complexity index is 747. The van der Waals surface area contributed by atoms with Crippen LogP contribution in [0.15, 0.2) is 36.4 Å². The summed E-state index contributed by atoms with van der Waals surface area (Å²) in [5.74, 6) is 1.17. The van der Waals surface area contributed by atoms with Gasteiger partial charge in [-0.15, -0.1) is 0 Å². The lowest BCUT2D eigenvalue weighted by Crippen LogP contribution is -2.31. The van der Waals surface area contributed by atoms with Crippen molar-refractivity contribution in [2.45, 2.75) is 13.0 Å². The number of nitrogens with one attached hydrogen (secondary N) is 2. The Morgan fingerprint density at radius 3 is 2.38 bits per heavy atom. The van der Waals surface area contributed by atoms with Gasteiger partial charge in [-0.2, -0.15) is 0 Å². The lowest BCUT2D eigenvalue weighted by Gasteiger charge is -2.20. The number of carbonyl (C=O) groups is 1. The van der Waals surface area contributed by atoms with Gasteiger partial charge < -0.3 is 20.1 Å². The minimum Gasteiger partial charge on any atom is -0.486 e. The fraction of sp³-hybridized carbons (Fsp3) is 0.235. The highest BCUT2D eigenvalue weighted by atomic mass is 35.5. The summed E-state index contributed by atoms with van der Waals surface area (Å²) in [6.07, 6.45) is 0. The number of hydrogen-bond acceptors (Lipinski definition) is 4. The molecule has 5 nitrogen and oxygen atoms in total. The maximum atomic E-state index is 12.3. The zero-order valence-electron chi connectivity index (χ0n) is 12.9. The molecule has 1 aliphatic heterocycles. The summed E-state index contributed by atoms with van der Waals surface area (Å²) in [4.78, 5) is 12.3. The molecule has 2 aromatic carbocycles. The molecule has 1 amide bonds. The molecular formula is C17H16Cl2N2O3. The minimum atomic E-state index is -0.467. The van der Waals surface area contributed by atoms with E-state index >= 15 is 0 Å². The molecule has 0 saturated heterocycles. The van der Waals surface area contributed by atoms with Crippen LogP contribution >= 0.6 is 23.2 Å². The molecule has 7 heteroatoms. The first-order valence-corrected chi connectivity index (χ1v) is 8.20. The zero-order valence-corrected chi connectivity index (χ0v) is 14.4. The second-order valence-electron chi connectivity index (χ2n) is 5.37. The van der Waals surface area contributed by atoms with E-state index in [0.29, 0.717) is 40.4 Å². The summed E-state index contributed by atoms with van der Waals surface area (Å²) in [5.41, 5.74) is 1.32. The molecule has 126 valence electrons. The van der Waals surface area contributed by atoms with Gasteiger partial charge in [0.1, 0.15) is 19.3 Å². The lowest BCUT2D eigenvalue weighted by atomic mass is 10.2. The number of rotatable bonds is 4. The lowest BCUT2D eigenvalue weighted by molar-refractivity contribution is -0.116. The highest BCUT2D eigenvalue weighted by Crippen LogP contribution is 2.32. The van der Waals surface area contributed by atoms with Crippen molar-refractivity contribution in [3.05, 3.63) is 46.4 Å². The molecule has 2 N–H and O–H groups in total. The van der Waals surface area contributed by atoms with Crippen LogP contribution in [0.3, 0.4) is 0 Å². The molecule has 1 heterocycles. The molecule has 0 unspecified atom stereocenters. The molecule has 0 aromatic heterocycles. The van der Waals surface area contributed by atoms with Crippen molar-refractivity contribution >= 4 is 40.5 Å². The van der Waals surface area contributed by atoms with E-state index in [1.807, 2.05) is 18.2 Å². The van der Waals surface area contributed by atoms with Gasteiger partial charge in [-0.1, -0.05) is 23.2 Å². The van der Waals surface area contributed by atoms with Crippen LogP contribution < -0.4 is 20.1 Å². The van der Waals surface area contributed by atoms with Gasteiger partial charge in [-0.3, -0.25) is 4.79 Å². The molecule has 3 rings (SSSR count). The number of benzene rings is 2. The van der Waals surface area contributed by atoms with Crippen molar-refractivity contribution in [3.63, 3.8) is 0 Å². The van der Waals surface area contributed by atoms with Crippen LogP contribution in [0.1, 0.15) is 6.92 Å². The van der Waals surface area contributed by atoms with E-state index in [4.69, 9.17) is 32.7 Å². The van der Waals surface area contributed by atoms with Gasteiger partial charge >= 0.3 is 0 Å². The van der Waals surface area contributed by atoms with Gasteiger partial charge in [-0.05, 0) is 37.3 Å². The van der Waals surface area contributed by atoms with Crippen LogP contribution in [0.2, 0.25) is 10.0 Å². The quantitative estimate of drug-likeness (QED) is 0.850. The SMILES string of the molecule is C[C@@H](Nc1ccc2c(c1)OCCO2)C(=O)Nc1cc(Cl)cc(Cl)c1. The zero-order chi connectivity index (χ0) is 17.1. The number of ether oxygens (including phenoxy) is 2. The van der Waals surface area contributed by atoms with Gasteiger partial charge in [0.15, 0.2) is 11.5 Å². The third-order valence-corrected chi connectivity index (χ3v) is 3.89. The standard InChI is InChI=1S/C17H16Cl2N2O3/c1-10(17(22)21-14-7-11(18)6-12(19)8-14)20-13-2-3-15-16(9-13)24-5-4-23-15/h2-3,6-10,20H,4-5H2,1H3,(H,21,22)/t10-/m1/s1. The molecular weight excluding hydrogens is 351 g/mol. The Morgan fingerprint density at radius 2 is 1.67 bits per heavy atom. The predicted octanol–water partition coefficient (Wildman–Crippen LogP) is 4.20. The molecule has 0 aliphatic carbocycles. The second kappa shape index (κ2) is 7.20. The molecule has 0 fully saturated rings. The summed E-state index contributed by atoms with van der Waals surface area (Å²) in [6.45, 7) is 2.82. The molecule has 2 aromatic rings. The number of fused-ring (bicyclic) bond motifs is 1. The third kappa shape index (κ3) is 4.04. The number of carbonyl (C=O) groups excluding carboxylic acids is 1. The fourth-order valence-corrected chi connectivity index (χ4v) is 2.85. The van der Waals surface area contributed by atoms with E-state index in [1.165, 1.54) is 0 Å². The first-order chi connectivity index (χ1) is 11.5. The van der Waals surface area contributed by atoms with E-state index in [1.54, 1.807) is 25.1 Å². The molecule has 0 radical (unpaired) electrons. The summed E-state index contributed by atoms with van der Waals surface area (Å²) in [7, 11) is 0. The summed E-state index contributed by atoms with van der Waals surface area (Å²) >= 11 is 11.9. The Labute approximate surface area is 149 Å². The molecule has 24 heavy (non-hydrogen) atoms. The predicted molar refractivity (Wildman–Crippen MR) is 95.6 cm³/mol. The normalized spacial score (nSPS) is 14.0. The van der Waals surface area contributed by atoms with Crippen LogP contribution in [-0.4, -0.2) is 25.2 Å². The maximum absolute atomic E-state index is 12.3. The summed E-state index contributed by atoms with van der Waals surface area (Å²) in [6, 6.07) is 9.89. The van der Waals surface area contributed by atoms with Crippen LogP contribution in [0, 0.1) is 0 Å². The Kier molecular flexibility index (Phi) is 5.02. The number of anilines is 2. The van der Waals surface area contributed by atoms with Crippen LogP contribution in [0.4, 0.5) is 11.4 Å². The molecule has 0 saturated carbocycles. The summed E-state index contributed by atoms with van der Waals surface area (Å²) in [5, 5.41) is 6.83. The smallest absolute Gasteiger partial charge is 0.246 e. The third-order valence-electron chi connectivity index (χ3n) is 3.45. The first-order valence-electron chi connectivity index (χ1n) is 7.44. The van der Waals surface area contributed by atoms with Crippen molar-refractivity contribution in [1.29, 1.82) is 0 Å². The highest BCUT2D eigenvalue weighted by Gasteiger charge is 2.16. The van der Waals surface area contributed by atoms with E-state index in [2.05, 4.69) is 10.6 Å². The Balaban J connectivity index is 1.65. The van der Waals surface area contributed by atoms with Crippen molar-refractivity contribution in [3.8, 4) is 11.5 Å². The molecule has 0 spiro atoms. The summed E-state index contributed by atoms with van der Waals surface area (Å²) < 4.78 is 11.0. The average molecular weight is 367 g/mol. The number of halogens is 2. The van der Waals surface area contributed by atoms with E-state index in [0.717, 1.165) is 5.69 Å². The molecule has 1 atom stereocenters. The van der Waals surface area contributed by atoms with Crippen molar-refractivity contribution in [2.75, 3.05) is 23.8 Å². The van der Waals surface area contributed by atoms with Gasteiger partial charge in [0, 0.05) is 27.5 Å². The average Bonchev–Trinajstić information content (AvgIpc) is 2.53. The minimum absolute atomic E-state index is 0.205. The van der Waals surface area contributed by atoms with E-state index < -0.39 is 6.04 Å². The van der Waals surface area contributed by atoms with E-state index in [-0.39, 0.29) is 5.91 Å². The topological polar surface area (TPSA) is 59.6 Å². The van der Waals surface area contributed by atoms with Gasteiger partial charge in [0.05, 0.1) is 0 Å².